The van der Waals surface area contributed by atoms with Crippen molar-refractivity contribution >= 4 is 17.5 Å². The van der Waals surface area contributed by atoms with Gasteiger partial charge in [-0.15, -0.1) is 0 Å². The first kappa shape index (κ1) is 20.3. The van der Waals surface area contributed by atoms with Gasteiger partial charge in [0.15, 0.2) is 0 Å². The van der Waals surface area contributed by atoms with E-state index in [0.717, 1.165) is 44.3 Å². The van der Waals surface area contributed by atoms with Crippen LogP contribution in [-0.2, 0) is 4.79 Å². The van der Waals surface area contributed by atoms with Gasteiger partial charge in [0.05, 0.1) is 0 Å². The number of carbonyl (C=O) groups excluding carboxylic acids is 2. The minimum Gasteiger partial charge on any atom is -0.375 e. The molecule has 0 bridgehead atoms. The molecule has 1 aliphatic carbocycles. The van der Waals surface area contributed by atoms with E-state index in [2.05, 4.69) is 29.5 Å². The van der Waals surface area contributed by atoms with Crippen molar-refractivity contribution in [2.45, 2.75) is 51.9 Å². The van der Waals surface area contributed by atoms with E-state index >= 15 is 0 Å². The maximum atomic E-state index is 12.2. The molecule has 0 saturated heterocycles. The summed E-state index contributed by atoms with van der Waals surface area (Å²) in [5, 5.41) is 5.82. The van der Waals surface area contributed by atoms with Crippen molar-refractivity contribution in [3.05, 3.63) is 29.8 Å². The molecule has 0 atom stereocenters. The molecule has 2 rings (SSSR count). The van der Waals surface area contributed by atoms with Crippen LogP contribution >= 0.6 is 0 Å². The monoisotopic (exact) mass is 359 g/mol. The number of benzene rings is 1. The van der Waals surface area contributed by atoms with Gasteiger partial charge in [-0.3, -0.25) is 9.59 Å². The molecule has 2 N–H and O–H groups in total. The molecule has 0 unspecified atom stereocenters. The van der Waals surface area contributed by atoms with Crippen LogP contribution in [0.2, 0.25) is 0 Å². The maximum absolute atomic E-state index is 12.2. The Balaban J connectivity index is 1.69. The highest BCUT2D eigenvalue weighted by atomic mass is 16.2. The Kier molecular flexibility index (Phi) is 8.45. The zero-order valence-electron chi connectivity index (χ0n) is 16.2. The molecule has 0 aliphatic heterocycles. The van der Waals surface area contributed by atoms with E-state index < -0.39 is 0 Å². The Morgan fingerprint density at radius 3 is 2.35 bits per heavy atom. The molecule has 1 aromatic rings. The summed E-state index contributed by atoms with van der Waals surface area (Å²) >= 11 is 0. The third-order valence-corrected chi connectivity index (χ3v) is 5.10. The Morgan fingerprint density at radius 2 is 1.69 bits per heavy atom. The second-order valence-electron chi connectivity index (χ2n) is 7.20. The van der Waals surface area contributed by atoms with Gasteiger partial charge in [-0.1, -0.05) is 32.6 Å². The van der Waals surface area contributed by atoms with Crippen molar-refractivity contribution in [3.63, 3.8) is 0 Å². The first-order chi connectivity index (χ1) is 12.6. The molecule has 0 spiro atoms. The lowest BCUT2D eigenvalue weighted by Gasteiger charge is -2.20. The summed E-state index contributed by atoms with van der Waals surface area (Å²) in [5.41, 5.74) is 1.77. The average molecular weight is 360 g/mol. The molecule has 1 aliphatic rings. The highest BCUT2D eigenvalue weighted by Gasteiger charge is 2.20. The number of anilines is 1. The molecule has 5 nitrogen and oxygen atoms in total. The molecule has 26 heavy (non-hydrogen) atoms. The Hall–Kier alpha value is -2.04. The van der Waals surface area contributed by atoms with Crippen molar-refractivity contribution in [3.8, 4) is 0 Å². The largest absolute Gasteiger partial charge is 0.375 e. The fourth-order valence-corrected chi connectivity index (χ4v) is 3.36. The van der Waals surface area contributed by atoms with E-state index in [9.17, 15) is 9.59 Å². The number of nitrogens with one attached hydrogen (secondary N) is 2. The van der Waals surface area contributed by atoms with Crippen LogP contribution in [0, 0.1) is 5.92 Å². The number of hydrogen-bond donors (Lipinski definition) is 2. The fourth-order valence-electron chi connectivity index (χ4n) is 3.36. The summed E-state index contributed by atoms with van der Waals surface area (Å²) in [5.74, 6) is 0.204. The average Bonchev–Trinajstić information content (AvgIpc) is 2.69. The van der Waals surface area contributed by atoms with E-state index in [1.54, 1.807) is 0 Å². The van der Waals surface area contributed by atoms with E-state index in [1.165, 1.54) is 12.8 Å². The topological polar surface area (TPSA) is 61.4 Å². The summed E-state index contributed by atoms with van der Waals surface area (Å²) in [6.07, 6.45) is 7.87. The van der Waals surface area contributed by atoms with Crippen LogP contribution in [0.4, 0.5) is 5.69 Å². The zero-order valence-corrected chi connectivity index (χ0v) is 16.2. The maximum Gasteiger partial charge on any atom is 0.251 e. The summed E-state index contributed by atoms with van der Waals surface area (Å²) in [6, 6.07) is 7.67. The summed E-state index contributed by atoms with van der Waals surface area (Å²) in [6.45, 7) is 4.13. The molecular weight excluding hydrogens is 326 g/mol. The highest BCUT2D eigenvalue weighted by molar-refractivity contribution is 5.94. The lowest BCUT2D eigenvalue weighted by atomic mass is 9.89. The smallest absolute Gasteiger partial charge is 0.251 e. The zero-order chi connectivity index (χ0) is 18.8. The Morgan fingerprint density at radius 1 is 1.04 bits per heavy atom. The summed E-state index contributed by atoms with van der Waals surface area (Å²) in [7, 11) is 2.07. The van der Waals surface area contributed by atoms with Gasteiger partial charge in [0.1, 0.15) is 0 Å². The normalized spacial score (nSPS) is 14.7. The second-order valence-corrected chi connectivity index (χ2v) is 7.20. The molecule has 0 radical (unpaired) electrons. The number of hydrogen-bond acceptors (Lipinski definition) is 3. The Bertz CT molecular complexity index is 565. The second kappa shape index (κ2) is 10.8. The fraction of sp³-hybridized carbons (Fsp3) is 0.619. The van der Waals surface area contributed by atoms with Crippen LogP contribution in [0.5, 0.6) is 0 Å². The van der Waals surface area contributed by atoms with E-state index in [0.29, 0.717) is 18.7 Å². The minimum absolute atomic E-state index is 0.0975. The van der Waals surface area contributed by atoms with Gasteiger partial charge in [0.2, 0.25) is 5.91 Å². The van der Waals surface area contributed by atoms with Gasteiger partial charge in [0, 0.05) is 43.9 Å². The van der Waals surface area contributed by atoms with Crippen LogP contribution in [0.3, 0.4) is 0 Å². The molecule has 0 aromatic heterocycles. The Labute approximate surface area is 157 Å². The first-order valence-electron chi connectivity index (χ1n) is 9.99. The lowest BCUT2D eigenvalue weighted by molar-refractivity contribution is -0.125. The SMILES string of the molecule is CCCCN(C)c1ccc(C(=O)NCCNC(=O)C2CCCCC2)cc1. The van der Waals surface area contributed by atoms with Crippen LogP contribution in [0.1, 0.15) is 62.2 Å². The van der Waals surface area contributed by atoms with Gasteiger partial charge in [-0.2, -0.15) is 0 Å². The number of nitrogens with zero attached hydrogens (tertiary/aromatic N) is 1. The molecule has 144 valence electrons. The standard InChI is InChI=1S/C21H33N3O2/c1-3-4-16-24(2)19-12-10-18(11-13-19)21(26)23-15-14-22-20(25)17-8-6-5-7-9-17/h10-13,17H,3-9,14-16H2,1-2H3,(H,22,25)(H,23,26). The molecule has 1 fully saturated rings. The highest BCUT2D eigenvalue weighted by Crippen LogP contribution is 2.23. The summed E-state index contributed by atoms with van der Waals surface area (Å²) in [4.78, 5) is 26.5. The van der Waals surface area contributed by atoms with Gasteiger partial charge < -0.3 is 15.5 Å². The van der Waals surface area contributed by atoms with Crippen LogP contribution in [0.15, 0.2) is 24.3 Å². The minimum atomic E-state index is -0.0975. The molecular formula is C21H33N3O2. The number of carbonyl (C=O) groups is 2. The molecule has 0 heterocycles. The van der Waals surface area contributed by atoms with Crippen LogP contribution in [-0.4, -0.2) is 38.5 Å². The van der Waals surface area contributed by atoms with E-state index in [1.807, 2.05) is 24.3 Å². The first-order valence-corrected chi connectivity index (χ1v) is 9.99. The molecule has 1 aromatic carbocycles. The van der Waals surface area contributed by atoms with Gasteiger partial charge in [0.25, 0.3) is 5.91 Å². The molecule has 1 saturated carbocycles. The van der Waals surface area contributed by atoms with Crippen molar-refractivity contribution in [1.82, 2.24) is 10.6 Å². The molecule has 2 amide bonds. The van der Waals surface area contributed by atoms with Crippen molar-refractivity contribution < 1.29 is 9.59 Å². The third kappa shape index (κ3) is 6.36. The summed E-state index contributed by atoms with van der Waals surface area (Å²) < 4.78 is 0. The predicted molar refractivity (Wildman–Crippen MR) is 107 cm³/mol. The van der Waals surface area contributed by atoms with E-state index in [4.69, 9.17) is 0 Å². The third-order valence-electron chi connectivity index (χ3n) is 5.10. The number of unbranched alkanes of at least 4 members (excludes halogenated alkanes) is 1. The van der Waals surface area contributed by atoms with Crippen LogP contribution < -0.4 is 15.5 Å². The van der Waals surface area contributed by atoms with Crippen molar-refractivity contribution in [2.75, 3.05) is 31.6 Å². The number of amides is 2. The van der Waals surface area contributed by atoms with Gasteiger partial charge in [-0.05, 0) is 43.5 Å². The van der Waals surface area contributed by atoms with Gasteiger partial charge >= 0.3 is 0 Å². The lowest BCUT2D eigenvalue weighted by Crippen LogP contribution is -2.38. The van der Waals surface area contributed by atoms with Crippen molar-refractivity contribution in [1.29, 1.82) is 0 Å². The molecule has 5 heteroatoms. The van der Waals surface area contributed by atoms with Gasteiger partial charge in [-0.25, -0.2) is 0 Å². The van der Waals surface area contributed by atoms with E-state index in [-0.39, 0.29) is 17.7 Å². The van der Waals surface area contributed by atoms with Crippen molar-refractivity contribution in [2.24, 2.45) is 5.92 Å². The quantitative estimate of drug-likeness (QED) is 0.665. The predicted octanol–water partition coefficient (Wildman–Crippen LogP) is 3.35. The number of rotatable bonds is 9. The van der Waals surface area contributed by atoms with Crippen LogP contribution in [0.25, 0.3) is 0 Å².